The molecule has 1 N–H and O–H groups in total. The standard InChI is InChI=1S/C15H14N4O/c1-2-19-13(8-9-16-19)15-17-12(10-14(20)18-15)11-6-4-3-5-7-11/h3-10H,2H2,1H3,(H,17,18,20). The monoisotopic (exact) mass is 266 g/mol. The first-order valence-electron chi connectivity index (χ1n) is 6.47. The van der Waals surface area contributed by atoms with Gasteiger partial charge in [0.2, 0.25) is 0 Å². The SMILES string of the molecule is CCn1nccc1-c1nc(-c2ccccc2)cc(=O)[nH]1. The maximum Gasteiger partial charge on any atom is 0.251 e. The van der Waals surface area contributed by atoms with Crippen LogP contribution in [0.1, 0.15) is 6.92 Å². The number of hydrogen-bond donors (Lipinski definition) is 1. The van der Waals surface area contributed by atoms with Gasteiger partial charge in [0.25, 0.3) is 5.56 Å². The molecule has 0 unspecified atom stereocenters. The Balaban J connectivity index is 2.15. The Morgan fingerprint density at radius 2 is 2.00 bits per heavy atom. The minimum Gasteiger partial charge on any atom is -0.305 e. The first kappa shape index (κ1) is 12.3. The highest BCUT2D eigenvalue weighted by molar-refractivity contribution is 5.61. The van der Waals surface area contributed by atoms with Gasteiger partial charge in [0.15, 0.2) is 5.82 Å². The Kier molecular flexibility index (Phi) is 3.16. The molecule has 0 spiro atoms. The summed E-state index contributed by atoms with van der Waals surface area (Å²) in [6.07, 6.45) is 1.70. The van der Waals surface area contributed by atoms with Gasteiger partial charge in [0.1, 0.15) is 5.69 Å². The van der Waals surface area contributed by atoms with E-state index in [0.717, 1.165) is 17.8 Å². The molecular weight excluding hydrogens is 252 g/mol. The summed E-state index contributed by atoms with van der Waals surface area (Å²) >= 11 is 0. The smallest absolute Gasteiger partial charge is 0.251 e. The van der Waals surface area contributed by atoms with E-state index in [1.54, 1.807) is 10.9 Å². The summed E-state index contributed by atoms with van der Waals surface area (Å²) in [6.45, 7) is 2.72. The fourth-order valence-corrected chi connectivity index (χ4v) is 2.12. The van der Waals surface area contributed by atoms with Crippen molar-refractivity contribution in [2.75, 3.05) is 0 Å². The van der Waals surface area contributed by atoms with E-state index in [9.17, 15) is 4.79 Å². The third-order valence-electron chi connectivity index (χ3n) is 3.07. The fourth-order valence-electron chi connectivity index (χ4n) is 2.12. The zero-order chi connectivity index (χ0) is 13.9. The van der Waals surface area contributed by atoms with Crippen LogP contribution in [0.5, 0.6) is 0 Å². The van der Waals surface area contributed by atoms with Gasteiger partial charge < -0.3 is 4.98 Å². The second-order valence-corrected chi connectivity index (χ2v) is 4.38. The molecule has 0 saturated carbocycles. The lowest BCUT2D eigenvalue weighted by molar-refractivity contribution is 0.663. The summed E-state index contributed by atoms with van der Waals surface area (Å²) in [5.41, 5.74) is 2.22. The average Bonchev–Trinajstić information content (AvgIpc) is 2.96. The van der Waals surface area contributed by atoms with Crippen LogP contribution in [0.4, 0.5) is 0 Å². The highest BCUT2D eigenvalue weighted by Crippen LogP contribution is 2.18. The van der Waals surface area contributed by atoms with Crippen LogP contribution in [0, 0.1) is 0 Å². The molecule has 0 atom stereocenters. The first-order valence-corrected chi connectivity index (χ1v) is 6.47. The number of aryl methyl sites for hydroxylation is 1. The average molecular weight is 266 g/mol. The Morgan fingerprint density at radius 3 is 2.75 bits per heavy atom. The zero-order valence-electron chi connectivity index (χ0n) is 11.1. The van der Waals surface area contributed by atoms with E-state index >= 15 is 0 Å². The van der Waals surface area contributed by atoms with Gasteiger partial charge in [-0.3, -0.25) is 9.48 Å². The molecule has 20 heavy (non-hydrogen) atoms. The Labute approximate surface area is 115 Å². The van der Waals surface area contributed by atoms with Crippen molar-refractivity contribution in [2.24, 2.45) is 0 Å². The predicted octanol–water partition coefficient (Wildman–Crippen LogP) is 2.32. The summed E-state index contributed by atoms with van der Waals surface area (Å²) in [5, 5.41) is 4.20. The van der Waals surface area contributed by atoms with Crippen molar-refractivity contribution in [3.63, 3.8) is 0 Å². The number of nitrogens with zero attached hydrogens (tertiary/aromatic N) is 3. The van der Waals surface area contributed by atoms with Crippen LogP contribution < -0.4 is 5.56 Å². The number of aromatic nitrogens is 4. The Hall–Kier alpha value is -2.69. The topological polar surface area (TPSA) is 63.6 Å². The van der Waals surface area contributed by atoms with E-state index in [2.05, 4.69) is 15.1 Å². The van der Waals surface area contributed by atoms with Crippen molar-refractivity contribution in [3.05, 3.63) is 59.0 Å². The van der Waals surface area contributed by atoms with Gasteiger partial charge in [0, 0.05) is 24.4 Å². The van der Waals surface area contributed by atoms with Gasteiger partial charge in [-0.1, -0.05) is 30.3 Å². The summed E-state index contributed by atoms with van der Waals surface area (Å²) in [4.78, 5) is 19.2. The van der Waals surface area contributed by atoms with Crippen LogP contribution in [-0.2, 0) is 6.54 Å². The van der Waals surface area contributed by atoms with Gasteiger partial charge in [-0.2, -0.15) is 5.10 Å². The van der Waals surface area contributed by atoms with Crippen LogP contribution in [0.3, 0.4) is 0 Å². The van der Waals surface area contributed by atoms with Crippen LogP contribution in [-0.4, -0.2) is 19.7 Å². The van der Waals surface area contributed by atoms with Crippen molar-refractivity contribution in [1.29, 1.82) is 0 Å². The Morgan fingerprint density at radius 1 is 1.20 bits per heavy atom. The number of benzene rings is 1. The molecule has 0 radical (unpaired) electrons. The number of aromatic amines is 1. The van der Waals surface area contributed by atoms with E-state index in [1.807, 2.05) is 43.3 Å². The predicted molar refractivity (Wildman–Crippen MR) is 77.2 cm³/mol. The second kappa shape index (κ2) is 5.13. The molecule has 100 valence electrons. The van der Waals surface area contributed by atoms with Gasteiger partial charge >= 0.3 is 0 Å². The molecule has 3 rings (SSSR count). The van der Waals surface area contributed by atoms with Crippen LogP contribution >= 0.6 is 0 Å². The molecule has 0 amide bonds. The van der Waals surface area contributed by atoms with Gasteiger partial charge in [0.05, 0.1) is 5.69 Å². The van der Waals surface area contributed by atoms with Gasteiger partial charge in [-0.05, 0) is 13.0 Å². The molecule has 2 aromatic heterocycles. The maximum atomic E-state index is 11.9. The molecule has 0 aliphatic carbocycles. The third kappa shape index (κ3) is 2.25. The van der Waals surface area contributed by atoms with E-state index in [-0.39, 0.29) is 5.56 Å². The third-order valence-corrected chi connectivity index (χ3v) is 3.07. The molecule has 3 aromatic rings. The summed E-state index contributed by atoms with van der Waals surface area (Å²) < 4.78 is 1.80. The lowest BCUT2D eigenvalue weighted by Gasteiger charge is -2.06. The highest BCUT2D eigenvalue weighted by atomic mass is 16.1. The summed E-state index contributed by atoms with van der Waals surface area (Å²) in [7, 11) is 0. The zero-order valence-corrected chi connectivity index (χ0v) is 11.1. The molecule has 0 aliphatic rings. The molecule has 0 aliphatic heterocycles. The molecule has 2 heterocycles. The minimum atomic E-state index is -0.169. The van der Waals surface area contributed by atoms with Crippen LogP contribution in [0.25, 0.3) is 22.8 Å². The lowest BCUT2D eigenvalue weighted by Crippen LogP contribution is -2.11. The maximum absolute atomic E-state index is 11.9. The molecule has 0 bridgehead atoms. The number of H-pyrrole nitrogens is 1. The van der Waals surface area contributed by atoms with Gasteiger partial charge in [-0.25, -0.2) is 4.98 Å². The van der Waals surface area contributed by atoms with Gasteiger partial charge in [-0.15, -0.1) is 0 Å². The molecule has 0 saturated heterocycles. The van der Waals surface area contributed by atoms with Crippen LogP contribution in [0.2, 0.25) is 0 Å². The van der Waals surface area contributed by atoms with E-state index in [0.29, 0.717) is 11.5 Å². The highest BCUT2D eigenvalue weighted by Gasteiger charge is 2.09. The normalized spacial score (nSPS) is 10.7. The summed E-state index contributed by atoms with van der Waals surface area (Å²) in [6, 6.07) is 13.0. The van der Waals surface area contributed by atoms with E-state index in [4.69, 9.17) is 0 Å². The van der Waals surface area contributed by atoms with E-state index < -0.39 is 0 Å². The summed E-state index contributed by atoms with van der Waals surface area (Å²) in [5.74, 6) is 0.538. The molecule has 5 nitrogen and oxygen atoms in total. The Bertz CT molecular complexity index is 774. The lowest BCUT2D eigenvalue weighted by atomic mass is 10.1. The van der Waals surface area contributed by atoms with E-state index in [1.165, 1.54) is 6.07 Å². The molecule has 0 fully saturated rings. The molecular formula is C15H14N4O. The van der Waals surface area contributed by atoms with Crippen molar-refractivity contribution in [3.8, 4) is 22.8 Å². The van der Waals surface area contributed by atoms with Crippen molar-refractivity contribution < 1.29 is 0 Å². The van der Waals surface area contributed by atoms with Crippen molar-refractivity contribution >= 4 is 0 Å². The molecule has 1 aromatic carbocycles. The van der Waals surface area contributed by atoms with Crippen molar-refractivity contribution in [1.82, 2.24) is 19.7 Å². The number of hydrogen-bond acceptors (Lipinski definition) is 3. The second-order valence-electron chi connectivity index (χ2n) is 4.38. The number of rotatable bonds is 3. The quantitative estimate of drug-likeness (QED) is 0.791. The minimum absolute atomic E-state index is 0.169. The fraction of sp³-hybridized carbons (Fsp3) is 0.133. The van der Waals surface area contributed by atoms with Crippen LogP contribution in [0.15, 0.2) is 53.5 Å². The molecule has 5 heteroatoms. The number of nitrogens with one attached hydrogen (secondary N) is 1. The largest absolute Gasteiger partial charge is 0.305 e. The van der Waals surface area contributed by atoms with Crippen molar-refractivity contribution in [2.45, 2.75) is 13.5 Å². The first-order chi connectivity index (χ1) is 9.78.